The van der Waals surface area contributed by atoms with Crippen LogP contribution in [0.2, 0.25) is 0 Å². The number of amides is 1. The van der Waals surface area contributed by atoms with Gasteiger partial charge in [-0.3, -0.25) is 4.79 Å². The monoisotopic (exact) mass is 403 g/mol. The Labute approximate surface area is 172 Å². The second kappa shape index (κ2) is 7.62. The summed E-state index contributed by atoms with van der Waals surface area (Å²) in [6, 6.07) is 13.6. The van der Waals surface area contributed by atoms with Gasteiger partial charge < -0.3 is 19.1 Å². The lowest BCUT2D eigenvalue weighted by molar-refractivity contribution is -0.134. The quantitative estimate of drug-likeness (QED) is 0.548. The molecule has 0 radical (unpaired) electrons. The first-order valence-electron chi connectivity index (χ1n) is 9.87. The Kier molecular flexibility index (Phi) is 4.66. The number of nitrogens with one attached hydrogen (secondary N) is 1. The lowest BCUT2D eigenvalue weighted by Gasteiger charge is -2.31. The number of carbonyl (C=O) groups is 1. The molecule has 8 heteroatoms. The number of nitrogens with zero attached hydrogens (tertiary/aromatic N) is 4. The van der Waals surface area contributed by atoms with Gasteiger partial charge in [0, 0.05) is 25.1 Å². The molecule has 0 unspecified atom stereocenters. The molecule has 1 aliphatic rings. The number of rotatable bonds is 5. The van der Waals surface area contributed by atoms with Gasteiger partial charge in [-0.2, -0.15) is 4.98 Å². The summed E-state index contributed by atoms with van der Waals surface area (Å²) in [6.07, 6.45) is 2.83. The van der Waals surface area contributed by atoms with Gasteiger partial charge in [-0.1, -0.05) is 17.3 Å². The molecule has 0 spiro atoms. The summed E-state index contributed by atoms with van der Waals surface area (Å²) < 4.78 is 10.9. The summed E-state index contributed by atoms with van der Waals surface area (Å²) in [4.78, 5) is 26.3. The van der Waals surface area contributed by atoms with Gasteiger partial charge in [-0.05, 0) is 42.3 Å². The molecule has 152 valence electrons. The van der Waals surface area contributed by atoms with Gasteiger partial charge >= 0.3 is 0 Å². The molecular weight excluding hydrogens is 382 g/mol. The first-order chi connectivity index (χ1) is 14.7. The van der Waals surface area contributed by atoms with Crippen LogP contribution in [0, 0.1) is 0 Å². The number of hydrogen-bond donors (Lipinski definition) is 1. The number of fused-ring (bicyclic) bond motifs is 1. The summed E-state index contributed by atoms with van der Waals surface area (Å²) in [6.45, 7) is 1.08. The zero-order valence-corrected chi connectivity index (χ0v) is 16.5. The van der Waals surface area contributed by atoms with Crippen LogP contribution < -0.4 is 4.74 Å². The van der Waals surface area contributed by atoms with Gasteiger partial charge in [-0.15, -0.1) is 0 Å². The molecule has 5 rings (SSSR count). The van der Waals surface area contributed by atoms with Gasteiger partial charge in [0.15, 0.2) is 0 Å². The Hall–Kier alpha value is -3.68. The summed E-state index contributed by atoms with van der Waals surface area (Å²) in [5.41, 5.74) is 3.71. The number of benzene rings is 2. The third kappa shape index (κ3) is 3.52. The van der Waals surface area contributed by atoms with Crippen molar-refractivity contribution < 1.29 is 14.1 Å². The summed E-state index contributed by atoms with van der Waals surface area (Å²) in [5, 5.41) is 4.16. The van der Waals surface area contributed by atoms with Crippen LogP contribution in [-0.2, 0) is 11.3 Å². The van der Waals surface area contributed by atoms with Crippen molar-refractivity contribution in [3.63, 3.8) is 0 Å². The molecule has 1 fully saturated rings. The van der Waals surface area contributed by atoms with Crippen molar-refractivity contribution in [2.45, 2.75) is 25.3 Å². The van der Waals surface area contributed by atoms with Crippen molar-refractivity contribution in [1.82, 2.24) is 25.0 Å². The highest BCUT2D eigenvalue weighted by Crippen LogP contribution is 2.30. The van der Waals surface area contributed by atoms with Crippen LogP contribution in [0.25, 0.3) is 22.4 Å². The van der Waals surface area contributed by atoms with Crippen LogP contribution in [0.15, 0.2) is 53.3 Å². The number of carbonyl (C=O) groups excluding carboxylic acids is 1. The zero-order valence-electron chi connectivity index (χ0n) is 16.5. The minimum atomic E-state index is 0.0189. The average molecular weight is 403 g/mol. The smallest absolute Gasteiger partial charge is 0.231 e. The Morgan fingerprint density at radius 2 is 2.20 bits per heavy atom. The highest BCUT2D eigenvalue weighted by atomic mass is 16.5. The zero-order chi connectivity index (χ0) is 20.5. The first-order valence-corrected chi connectivity index (χ1v) is 9.87. The molecule has 1 saturated heterocycles. The van der Waals surface area contributed by atoms with Gasteiger partial charge in [0.2, 0.25) is 17.6 Å². The van der Waals surface area contributed by atoms with E-state index in [-0.39, 0.29) is 11.8 Å². The Balaban J connectivity index is 1.33. The van der Waals surface area contributed by atoms with E-state index >= 15 is 0 Å². The molecule has 1 N–H and O–H groups in total. The van der Waals surface area contributed by atoms with E-state index in [1.165, 1.54) is 0 Å². The lowest BCUT2D eigenvalue weighted by Crippen LogP contribution is -2.38. The Morgan fingerprint density at radius 1 is 1.27 bits per heavy atom. The van der Waals surface area contributed by atoms with E-state index in [1.54, 1.807) is 13.4 Å². The van der Waals surface area contributed by atoms with E-state index in [2.05, 4.69) is 20.1 Å². The topological polar surface area (TPSA) is 97.1 Å². The number of piperidine rings is 1. The van der Waals surface area contributed by atoms with Gasteiger partial charge in [-0.25, -0.2) is 4.98 Å². The molecule has 1 amide bonds. The lowest BCUT2D eigenvalue weighted by atomic mass is 9.97. The van der Waals surface area contributed by atoms with Crippen molar-refractivity contribution in [3.8, 4) is 17.1 Å². The van der Waals surface area contributed by atoms with Crippen LogP contribution in [0.4, 0.5) is 0 Å². The minimum Gasteiger partial charge on any atom is -0.497 e. The van der Waals surface area contributed by atoms with Crippen LogP contribution in [-0.4, -0.2) is 44.6 Å². The van der Waals surface area contributed by atoms with E-state index in [0.29, 0.717) is 37.6 Å². The maximum Gasteiger partial charge on any atom is 0.231 e. The van der Waals surface area contributed by atoms with Crippen molar-refractivity contribution >= 4 is 16.9 Å². The van der Waals surface area contributed by atoms with Crippen LogP contribution >= 0.6 is 0 Å². The van der Waals surface area contributed by atoms with E-state index in [1.807, 2.05) is 47.4 Å². The maximum atomic E-state index is 12.5. The molecule has 2 aromatic heterocycles. The second-order valence-electron chi connectivity index (χ2n) is 7.45. The second-order valence-corrected chi connectivity index (χ2v) is 7.45. The van der Waals surface area contributed by atoms with Gasteiger partial charge in [0.1, 0.15) is 5.75 Å². The predicted molar refractivity (Wildman–Crippen MR) is 110 cm³/mol. The molecule has 8 nitrogen and oxygen atoms in total. The average Bonchev–Trinajstić information content (AvgIpc) is 3.44. The molecule has 3 heterocycles. The Morgan fingerprint density at radius 3 is 3.10 bits per heavy atom. The number of aromatic amines is 1. The molecule has 0 bridgehead atoms. The number of H-pyrrole nitrogens is 1. The van der Waals surface area contributed by atoms with Crippen LogP contribution in [0.3, 0.4) is 0 Å². The third-order valence-corrected chi connectivity index (χ3v) is 5.48. The number of hydrogen-bond acceptors (Lipinski definition) is 6. The number of likely N-dealkylation sites (tertiary alicyclic amines) is 1. The van der Waals surface area contributed by atoms with Crippen LogP contribution in [0.1, 0.15) is 30.2 Å². The van der Waals surface area contributed by atoms with E-state index in [0.717, 1.165) is 27.9 Å². The van der Waals surface area contributed by atoms with E-state index in [9.17, 15) is 4.79 Å². The molecule has 0 aliphatic carbocycles. The SMILES string of the molecule is COc1cccc(CN2C[C@H](c3nc(-c4ccc5nc[nH]c5c4)no3)CCC2=O)c1. The van der Waals surface area contributed by atoms with Crippen molar-refractivity contribution in [2.24, 2.45) is 0 Å². The normalized spacial score (nSPS) is 16.9. The summed E-state index contributed by atoms with van der Waals surface area (Å²) in [7, 11) is 1.64. The molecule has 1 atom stereocenters. The first kappa shape index (κ1) is 18.4. The van der Waals surface area contributed by atoms with Crippen molar-refractivity contribution in [3.05, 3.63) is 60.2 Å². The van der Waals surface area contributed by atoms with Crippen molar-refractivity contribution in [1.29, 1.82) is 0 Å². The molecule has 30 heavy (non-hydrogen) atoms. The molecule has 0 saturated carbocycles. The van der Waals surface area contributed by atoms with Crippen LogP contribution in [0.5, 0.6) is 5.75 Å². The van der Waals surface area contributed by atoms with Gasteiger partial charge in [0.25, 0.3) is 0 Å². The number of imidazole rings is 1. The minimum absolute atomic E-state index is 0.0189. The summed E-state index contributed by atoms with van der Waals surface area (Å²) >= 11 is 0. The molecular formula is C22H21N5O3. The standard InChI is InChI=1S/C22H21N5O3/c1-29-17-4-2-3-14(9-17)11-27-12-16(6-8-20(27)28)22-25-21(26-30-22)15-5-7-18-19(10-15)24-13-23-18/h2-5,7,9-10,13,16H,6,8,11-12H2,1H3,(H,23,24)/t16-/m1/s1. The number of ether oxygens (including phenoxy) is 1. The third-order valence-electron chi connectivity index (χ3n) is 5.48. The number of aromatic nitrogens is 4. The predicted octanol–water partition coefficient (Wildman–Crippen LogP) is 3.53. The maximum absolute atomic E-state index is 12.5. The highest BCUT2D eigenvalue weighted by molar-refractivity contribution is 5.80. The molecule has 2 aromatic carbocycles. The van der Waals surface area contributed by atoms with E-state index < -0.39 is 0 Å². The fourth-order valence-electron chi connectivity index (χ4n) is 3.85. The summed E-state index contributed by atoms with van der Waals surface area (Å²) in [5.74, 6) is 2.05. The largest absolute Gasteiger partial charge is 0.497 e. The molecule has 4 aromatic rings. The number of methoxy groups -OCH3 is 1. The fraction of sp³-hybridized carbons (Fsp3) is 0.273. The van der Waals surface area contributed by atoms with Gasteiger partial charge in [0.05, 0.1) is 30.4 Å². The highest BCUT2D eigenvalue weighted by Gasteiger charge is 2.30. The van der Waals surface area contributed by atoms with E-state index in [4.69, 9.17) is 9.26 Å². The Bertz CT molecular complexity index is 1200. The molecule has 1 aliphatic heterocycles. The fourth-order valence-corrected chi connectivity index (χ4v) is 3.85. The van der Waals surface area contributed by atoms with Crippen molar-refractivity contribution in [2.75, 3.05) is 13.7 Å².